The topological polar surface area (TPSA) is 337 Å². The summed E-state index contributed by atoms with van der Waals surface area (Å²) in [5, 5.41) is 26.3. The van der Waals surface area contributed by atoms with Gasteiger partial charge in [0.25, 0.3) is 0 Å². The zero-order valence-corrected chi connectivity index (χ0v) is 37.7. The van der Waals surface area contributed by atoms with Crippen LogP contribution in [0.5, 0.6) is 5.75 Å². The highest BCUT2D eigenvalue weighted by molar-refractivity contribution is 7.98. The van der Waals surface area contributed by atoms with Crippen molar-refractivity contribution < 1.29 is 37.8 Å². The molecule has 12 N–H and O–H groups in total. The Bertz CT molecular complexity index is 2320. The summed E-state index contributed by atoms with van der Waals surface area (Å²) in [6, 6.07) is 13.6. The first-order valence-electron chi connectivity index (χ1n) is 20.8. The summed E-state index contributed by atoms with van der Waals surface area (Å²) >= 11 is 7.19. The van der Waals surface area contributed by atoms with Crippen LogP contribution in [-0.4, -0.2) is 90.3 Å². The molecule has 0 bridgehead atoms. The molecule has 21 heteroatoms. The number of oxazole rings is 1. The number of amides is 2. The summed E-state index contributed by atoms with van der Waals surface area (Å²) < 4.78 is 22.7. The molecule has 19 nitrogen and oxygen atoms in total. The largest absolute Gasteiger partial charge is 0.490 e. The molecule has 0 fully saturated rings. The van der Waals surface area contributed by atoms with Crippen molar-refractivity contribution in [1.82, 2.24) is 20.6 Å². The summed E-state index contributed by atoms with van der Waals surface area (Å²) in [5.74, 6) is -1.95. The minimum Gasteiger partial charge on any atom is -0.490 e. The van der Waals surface area contributed by atoms with Crippen molar-refractivity contribution in [2.45, 2.75) is 93.4 Å². The number of nitrogen functional groups attached to an aromatic ring is 1. The van der Waals surface area contributed by atoms with E-state index in [1.807, 2.05) is 0 Å². The van der Waals surface area contributed by atoms with Crippen LogP contribution in [0.1, 0.15) is 69.2 Å². The molecule has 5 atom stereocenters. The number of nitriles is 2. The van der Waals surface area contributed by atoms with Crippen LogP contribution in [0.2, 0.25) is 5.02 Å². The number of ether oxygens (including phenoxy) is 3. The smallest absolute Gasteiger partial charge is 0.328 e. The van der Waals surface area contributed by atoms with Gasteiger partial charge in [-0.1, -0.05) is 48.3 Å². The van der Waals surface area contributed by atoms with Gasteiger partial charge in [-0.2, -0.15) is 10.5 Å². The van der Waals surface area contributed by atoms with E-state index in [0.717, 1.165) is 5.56 Å². The monoisotopic (exact) mass is 931 g/mol. The Kier molecular flexibility index (Phi) is 20.5. The van der Waals surface area contributed by atoms with E-state index >= 15 is 0 Å². The predicted octanol–water partition coefficient (Wildman–Crippen LogP) is 3.43. The SMILES string of the molecule is CC(NC(=O)C(N)CCCCN)C(=O)OCC(COc1ccc(-c2c(C#N)c(N)nc(SCc3coc(-c4ccc(Cl)cc4)n3)c2C#N)cc1)OC(=O)C(C)NC(=O)C(N)CCCCN. The van der Waals surface area contributed by atoms with Crippen LogP contribution in [0.25, 0.3) is 22.6 Å². The molecular weight excluding hydrogens is 878 g/mol. The second kappa shape index (κ2) is 25.9. The molecule has 0 spiro atoms. The Balaban J connectivity index is 1.48. The Morgan fingerprint density at radius 2 is 1.37 bits per heavy atom. The number of nitrogens with zero attached hydrogens (tertiary/aromatic N) is 4. The number of esters is 2. The molecule has 0 radical (unpaired) electrons. The van der Waals surface area contributed by atoms with Crippen molar-refractivity contribution in [3.8, 4) is 40.5 Å². The first kappa shape index (κ1) is 51.4. The zero-order valence-electron chi connectivity index (χ0n) is 36.1. The van der Waals surface area contributed by atoms with E-state index in [-0.39, 0.29) is 45.6 Å². The highest BCUT2D eigenvalue weighted by Crippen LogP contribution is 2.37. The van der Waals surface area contributed by atoms with E-state index in [4.69, 9.17) is 58.9 Å². The second-order valence-electron chi connectivity index (χ2n) is 14.9. The third kappa shape index (κ3) is 15.5. The first-order chi connectivity index (χ1) is 31.2. The number of thioether (sulfide) groups is 1. The predicted molar refractivity (Wildman–Crippen MR) is 243 cm³/mol. The molecule has 0 saturated carbocycles. The molecule has 2 aromatic carbocycles. The zero-order chi connectivity index (χ0) is 47.5. The number of rotatable bonds is 25. The number of anilines is 1. The maximum absolute atomic E-state index is 13.2. The Hall–Kier alpha value is -6.26. The maximum atomic E-state index is 13.2. The summed E-state index contributed by atoms with van der Waals surface area (Å²) in [4.78, 5) is 60.3. The molecule has 0 aliphatic carbocycles. The lowest BCUT2D eigenvalue weighted by atomic mass is 9.97. The third-order valence-electron chi connectivity index (χ3n) is 9.73. The molecule has 0 saturated heterocycles. The minimum absolute atomic E-state index is 0.00320. The lowest BCUT2D eigenvalue weighted by molar-refractivity contribution is -0.163. The number of hydrogen-bond donors (Lipinski definition) is 7. The summed E-state index contributed by atoms with van der Waals surface area (Å²) in [6.45, 7) is 2.92. The van der Waals surface area contributed by atoms with Crippen molar-refractivity contribution in [2.75, 3.05) is 32.0 Å². The van der Waals surface area contributed by atoms with Crippen LogP contribution in [-0.2, 0) is 34.4 Å². The number of hydrogen-bond acceptors (Lipinski definition) is 18. The van der Waals surface area contributed by atoms with Crippen LogP contribution in [0.15, 0.2) is 64.2 Å². The number of halogens is 1. The van der Waals surface area contributed by atoms with E-state index < -0.39 is 60.6 Å². The van der Waals surface area contributed by atoms with Crippen molar-refractivity contribution >= 4 is 52.9 Å². The third-order valence-corrected chi connectivity index (χ3v) is 11.0. The lowest BCUT2D eigenvalue weighted by Gasteiger charge is -2.23. The number of aromatic nitrogens is 2. The van der Waals surface area contributed by atoms with Gasteiger partial charge in [-0.05, 0) is 94.6 Å². The van der Waals surface area contributed by atoms with E-state index in [0.29, 0.717) is 73.8 Å². The molecule has 4 aromatic rings. The molecule has 2 amide bonds. The Labute approximate surface area is 386 Å². The lowest BCUT2D eigenvalue weighted by Crippen LogP contribution is -2.49. The van der Waals surface area contributed by atoms with E-state index in [1.54, 1.807) is 48.5 Å². The van der Waals surface area contributed by atoms with Crippen molar-refractivity contribution in [3.63, 3.8) is 0 Å². The normalized spacial score (nSPS) is 13.2. The average Bonchev–Trinajstić information content (AvgIpc) is 3.78. The molecule has 346 valence electrons. The fourth-order valence-electron chi connectivity index (χ4n) is 6.06. The number of carbonyl (C=O) groups is 4. The fourth-order valence-corrected chi connectivity index (χ4v) is 7.06. The number of unbranched alkanes of at least 4 members (excludes halogenated alkanes) is 2. The van der Waals surface area contributed by atoms with Crippen LogP contribution < -0.4 is 44.0 Å². The van der Waals surface area contributed by atoms with E-state index in [2.05, 4.69) is 32.7 Å². The standard InChI is InChI=1S/C44H54ClN11O8S/c1-25(53-39(57)35(50)7-3-5-17-46)43(59)63-23-32(64-44(60)26(2)54-40(58)36(51)8-4-6-18-47)22-61-31-15-11-27(12-16-31)37-33(19-48)38(52)56-42(34(37)20-49)65-24-30-21-62-41(55-30)28-9-13-29(45)14-10-28/h9-16,21,25-26,32,35-36H,3-8,17-18,22-24,46-47,50-51H2,1-2H3,(H2,52,56)(H,53,57)(H,54,58). The molecular formula is C44H54ClN11O8S. The molecule has 2 heterocycles. The van der Waals surface area contributed by atoms with Crippen molar-refractivity contribution in [3.05, 3.63) is 76.6 Å². The average molecular weight is 933 g/mol. The van der Waals surface area contributed by atoms with E-state index in [1.165, 1.54) is 31.9 Å². The molecule has 2 aromatic heterocycles. The summed E-state index contributed by atoms with van der Waals surface area (Å²) in [7, 11) is 0. The van der Waals surface area contributed by atoms with E-state index in [9.17, 15) is 29.7 Å². The number of benzene rings is 2. The van der Waals surface area contributed by atoms with Gasteiger partial charge in [-0.15, -0.1) is 0 Å². The summed E-state index contributed by atoms with van der Waals surface area (Å²) in [5.41, 5.74) is 31.4. The van der Waals surface area contributed by atoms with Crippen molar-refractivity contribution in [1.29, 1.82) is 10.5 Å². The van der Waals surface area contributed by atoms with Crippen LogP contribution >= 0.6 is 23.4 Å². The quantitative estimate of drug-likeness (QED) is 0.0284. The maximum Gasteiger partial charge on any atom is 0.328 e. The highest BCUT2D eigenvalue weighted by Gasteiger charge is 2.28. The number of pyridine rings is 1. The van der Waals surface area contributed by atoms with Gasteiger partial charge in [0.1, 0.15) is 65.9 Å². The first-order valence-corrected chi connectivity index (χ1v) is 22.1. The molecule has 4 rings (SSSR count). The van der Waals surface area contributed by atoms with Gasteiger partial charge in [-0.25, -0.2) is 19.6 Å². The number of nitrogens with two attached hydrogens (primary N) is 5. The van der Waals surface area contributed by atoms with Gasteiger partial charge in [0.2, 0.25) is 17.7 Å². The molecule has 0 aliphatic rings. The Morgan fingerprint density at radius 1 is 0.800 bits per heavy atom. The van der Waals surface area contributed by atoms with Crippen LogP contribution in [0.4, 0.5) is 5.82 Å². The van der Waals surface area contributed by atoms with Gasteiger partial charge in [0.05, 0.1) is 23.3 Å². The Morgan fingerprint density at radius 3 is 1.94 bits per heavy atom. The van der Waals surface area contributed by atoms with Crippen molar-refractivity contribution in [2.24, 2.45) is 22.9 Å². The number of carbonyl (C=O) groups excluding carboxylic acids is 4. The van der Waals surface area contributed by atoms with Crippen LogP contribution in [0.3, 0.4) is 0 Å². The van der Waals surface area contributed by atoms with Gasteiger partial charge in [-0.3, -0.25) is 9.59 Å². The van der Waals surface area contributed by atoms with Gasteiger partial charge < -0.3 is 57.9 Å². The van der Waals surface area contributed by atoms with Gasteiger partial charge in [0.15, 0.2) is 6.10 Å². The molecule has 5 unspecified atom stereocenters. The molecule has 0 aliphatic heterocycles. The van der Waals surface area contributed by atoms with Gasteiger partial charge >= 0.3 is 11.9 Å². The van der Waals surface area contributed by atoms with Crippen LogP contribution in [0, 0.1) is 22.7 Å². The second-order valence-corrected chi connectivity index (χ2v) is 16.3. The summed E-state index contributed by atoms with van der Waals surface area (Å²) in [6.07, 6.45) is 3.68. The molecule has 65 heavy (non-hydrogen) atoms. The number of nitrogens with one attached hydrogen (secondary N) is 2. The minimum atomic E-state index is -1.20. The highest BCUT2D eigenvalue weighted by atomic mass is 35.5. The van der Waals surface area contributed by atoms with Gasteiger partial charge in [0, 0.05) is 21.9 Å². The fraction of sp³-hybridized carbons (Fsp3) is 0.409.